The van der Waals surface area contributed by atoms with Crippen molar-refractivity contribution in [3.05, 3.63) is 0 Å². The van der Waals surface area contributed by atoms with Gasteiger partial charge in [-0.2, -0.15) is 0 Å². The summed E-state index contributed by atoms with van der Waals surface area (Å²) in [6.45, 7) is 6.12. The van der Waals surface area contributed by atoms with Gasteiger partial charge < -0.3 is 4.90 Å². The summed E-state index contributed by atoms with van der Waals surface area (Å²) in [5.74, 6) is 6.15. The highest BCUT2D eigenvalue weighted by Crippen LogP contribution is 1.91. The van der Waals surface area contributed by atoms with Gasteiger partial charge in [-0.15, -0.1) is 0 Å². The number of hydrazine groups is 1. The second-order valence-corrected chi connectivity index (χ2v) is 3.12. The lowest BCUT2D eigenvalue weighted by Gasteiger charge is -2.19. The van der Waals surface area contributed by atoms with E-state index in [1.54, 1.807) is 0 Å². The Morgan fingerprint density at radius 1 is 1.38 bits per heavy atom. The highest BCUT2D eigenvalue weighted by Gasteiger charge is 2.01. The summed E-state index contributed by atoms with van der Waals surface area (Å²) < 4.78 is 0. The summed E-state index contributed by atoms with van der Waals surface area (Å²) in [7, 11) is 1.99. The number of aliphatic imine (C=N–C) groups is 1. The number of nitrogens with two attached hydrogens (primary N) is 1. The van der Waals surface area contributed by atoms with E-state index in [1.165, 1.54) is 6.42 Å². The molecule has 0 unspecified atom stereocenters. The third-order valence-corrected chi connectivity index (χ3v) is 1.82. The lowest BCUT2D eigenvalue weighted by atomic mass is 10.3. The second-order valence-electron chi connectivity index (χ2n) is 3.12. The van der Waals surface area contributed by atoms with Crippen LogP contribution in [0.5, 0.6) is 0 Å². The van der Waals surface area contributed by atoms with Crippen LogP contribution in [-0.4, -0.2) is 31.0 Å². The number of guanidine groups is 1. The van der Waals surface area contributed by atoms with E-state index < -0.39 is 0 Å². The van der Waals surface area contributed by atoms with E-state index in [1.807, 2.05) is 11.9 Å². The number of hydrogen-bond donors (Lipinski definition) is 2. The van der Waals surface area contributed by atoms with Crippen LogP contribution in [0.2, 0.25) is 0 Å². The van der Waals surface area contributed by atoms with Crippen LogP contribution in [0.25, 0.3) is 0 Å². The van der Waals surface area contributed by atoms with Crippen molar-refractivity contribution in [1.29, 1.82) is 0 Å². The molecular weight excluding hydrogens is 164 g/mol. The van der Waals surface area contributed by atoms with Crippen LogP contribution in [-0.2, 0) is 0 Å². The summed E-state index contributed by atoms with van der Waals surface area (Å²) in [4.78, 5) is 6.39. The van der Waals surface area contributed by atoms with E-state index in [-0.39, 0.29) is 0 Å². The minimum Gasteiger partial charge on any atom is -0.345 e. The molecule has 0 aliphatic carbocycles. The van der Waals surface area contributed by atoms with Crippen molar-refractivity contribution in [3.63, 3.8) is 0 Å². The van der Waals surface area contributed by atoms with Crippen LogP contribution in [0.15, 0.2) is 4.99 Å². The molecule has 4 heteroatoms. The van der Waals surface area contributed by atoms with Gasteiger partial charge in [-0.05, 0) is 12.8 Å². The summed E-state index contributed by atoms with van der Waals surface area (Å²) >= 11 is 0. The van der Waals surface area contributed by atoms with Gasteiger partial charge in [0, 0.05) is 20.1 Å². The maximum atomic E-state index is 5.36. The average molecular weight is 186 g/mol. The molecule has 0 atom stereocenters. The van der Waals surface area contributed by atoms with E-state index in [0.717, 1.165) is 31.9 Å². The number of nitrogens with one attached hydrogen (secondary N) is 1. The van der Waals surface area contributed by atoms with E-state index in [9.17, 15) is 0 Å². The first-order chi connectivity index (χ1) is 6.26. The van der Waals surface area contributed by atoms with Crippen molar-refractivity contribution in [1.82, 2.24) is 10.3 Å². The fraction of sp³-hybridized carbons (Fsp3) is 0.889. The second kappa shape index (κ2) is 7.86. The van der Waals surface area contributed by atoms with Crippen molar-refractivity contribution in [2.45, 2.75) is 33.1 Å². The Balaban J connectivity index is 3.90. The van der Waals surface area contributed by atoms with Crippen molar-refractivity contribution < 1.29 is 0 Å². The molecule has 3 N–H and O–H groups in total. The molecule has 0 spiro atoms. The Bertz CT molecular complexity index is 145. The first kappa shape index (κ1) is 12.2. The predicted molar refractivity (Wildman–Crippen MR) is 57.5 cm³/mol. The maximum absolute atomic E-state index is 5.36. The molecule has 0 saturated carbocycles. The molecule has 0 aromatic heterocycles. The fourth-order valence-electron chi connectivity index (χ4n) is 1.06. The minimum absolute atomic E-state index is 0.787. The quantitative estimate of drug-likeness (QED) is 0.221. The lowest BCUT2D eigenvalue weighted by Crippen LogP contribution is -2.43. The zero-order valence-corrected chi connectivity index (χ0v) is 9.01. The number of unbranched alkanes of at least 4 members (excludes halogenated alkanes) is 1. The molecule has 0 amide bonds. The standard InChI is InChI=1S/C9H22N4/c1-4-6-7-11-9(12-10)13(3)8-5-2/h4-8,10H2,1-3H3,(H,11,12). The SMILES string of the molecule is CCCCN=C(NN)N(C)CCC. The Labute approximate surface area is 81.2 Å². The van der Waals surface area contributed by atoms with Crippen molar-refractivity contribution in [2.24, 2.45) is 10.8 Å². The normalized spacial score (nSPS) is 11.5. The van der Waals surface area contributed by atoms with E-state index >= 15 is 0 Å². The van der Waals surface area contributed by atoms with Gasteiger partial charge in [-0.3, -0.25) is 10.4 Å². The van der Waals surface area contributed by atoms with Gasteiger partial charge in [0.2, 0.25) is 5.96 Å². The molecule has 13 heavy (non-hydrogen) atoms. The largest absolute Gasteiger partial charge is 0.345 e. The fourth-order valence-corrected chi connectivity index (χ4v) is 1.06. The molecule has 0 aromatic rings. The molecule has 0 heterocycles. The molecule has 78 valence electrons. The molecule has 4 nitrogen and oxygen atoms in total. The summed E-state index contributed by atoms with van der Waals surface area (Å²) in [5.41, 5.74) is 2.62. The van der Waals surface area contributed by atoms with Gasteiger partial charge >= 0.3 is 0 Å². The van der Waals surface area contributed by atoms with Crippen LogP contribution in [0.3, 0.4) is 0 Å². The Morgan fingerprint density at radius 3 is 2.54 bits per heavy atom. The molecule has 0 aliphatic rings. The zero-order valence-electron chi connectivity index (χ0n) is 9.01. The summed E-state index contributed by atoms with van der Waals surface area (Å²) in [5, 5.41) is 0. The Hall–Kier alpha value is -0.770. The van der Waals surface area contributed by atoms with Crippen LogP contribution < -0.4 is 11.3 Å². The van der Waals surface area contributed by atoms with Gasteiger partial charge in [0.05, 0.1) is 0 Å². The summed E-state index contributed by atoms with van der Waals surface area (Å²) in [6.07, 6.45) is 3.38. The van der Waals surface area contributed by atoms with E-state index in [4.69, 9.17) is 5.84 Å². The van der Waals surface area contributed by atoms with Crippen LogP contribution in [0.1, 0.15) is 33.1 Å². The highest BCUT2D eigenvalue weighted by atomic mass is 15.4. The zero-order chi connectivity index (χ0) is 10.1. The van der Waals surface area contributed by atoms with Gasteiger partial charge in [-0.25, -0.2) is 5.84 Å². The molecular formula is C9H22N4. The van der Waals surface area contributed by atoms with Gasteiger partial charge in [0.15, 0.2) is 0 Å². The smallest absolute Gasteiger partial charge is 0.208 e. The summed E-state index contributed by atoms with van der Waals surface area (Å²) in [6, 6.07) is 0. The van der Waals surface area contributed by atoms with E-state index in [0.29, 0.717) is 0 Å². The average Bonchev–Trinajstić information content (AvgIpc) is 2.13. The van der Waals surface area contributed by atoms with Crippen molar-refractivity contribution in [2.75, 3.05) is 20.1 Å². The van der Waals surface area contributed by atoms with Gasteiger partial charge in [-0.1, -0.05) is 20.3 Å². The van der Waals surface area contributed by atoms with Crippen LogP contribution >= 0.6 is 0 Å². The first-order valence-corrected chi connectivity index (χ1v) is 4.98. The number of rotatable bonds is 5. The van der Waals surface area contributed by atoms with Crippen molar-refractivity contribution >= 4 is 5.96 Å². The molecule has 0 aromatic carbocycles. The van der Waals surface area contributed by atoms with Crippen LogP contribution in [0, 0.1) is 0 Å². The third-order valence-electron chi connectivity index (χ3n) is 1.82. The van der Waals surface area contributed by atoms with Crippen LogP contribution in [0.4, 0.5) is 0 Å². The van der Waals surface area contributed by atoms with E-state index in [2.05, 4.69) is 24.3 Å². The highest BCUT2D eigenvalue weighted by molar-refractivity contribution is 5.79. The topological polar surface area (TPSA) is 53.6 Å². The monoisotopic (exact) mass is 186 g/mol. The lowest BCUT2D eigenvalue weighted by molar-refractivity contribution is 0.478. The molecule has 0 radical (unpaired) electrons. The minimum atomic E-state index is 0.787. The maximum Gasteiger partial charge on any atom is 0.208 e. The molecule has 0 saturated heterocycles. The molecule has 0 rings (SSSR count). The third kappa shape index (κ3) is 5.47. The molecule has 0 fully saturated rings. The first-order valence-electron chi connectivity index (χ1n) is 4.98. The van der Waals surface area contributed by atoms with Gasteiger partial charge in [0.25, 0.3) is 0 Å². The molecule has 0 aliphatic heterocycles. The predicted octanol–water partition coefficient (Wildman–Crippen LogP) is 0.948. The number of nitrogens with zero attached hydrogens (tertiary/aromatic N) is 2. The Kier molecular flexibility index (Phi) is 7.39. The molecule has 0 bridgehead atoms. The van der Waals surface area contributed by atoms with Crippen molar-refractivity contribution in [3.8, 4) is 0 Å². The Morgan fingerprint density at radius 2 is 2.08 bits per heavy atom. The number of hydrogen-bond acceptors (Lipinski definition) is 2. The van der Waals surface area contributed by atoms with Gasteiger partial charge in [0.1, 0.15) is 0 Å².